The van der Waals surface area contributed by atoms with E-state index in [1.807, 2.05) is 31.2 Å². The fourth-order valence-electron chi connectivity index (χ4n) is 2.79. The maximum Gasteiger partial charge on any atom is 0.265 e. The number of hydrogen-bond acceptors (Lipinski definition) is 4. The van der Waals surface area contributed by atoms with E-state index in [0.717, 1.165) is 11.4 Å². The molecule has 2 N–H and O–H groups in total. The van der Waals surface area contributed by atoms with Crippen molar-refractivity contribution in [3.8, 4) is 5.75 Å². The van der Waals surface area contributed by atoms with Crippen LogP contribution < -0.4 is 10.1 Å². The molecule has 0 saturated carbocycles. The van der Waals surface area contributed by atoms with Gasteiger partial charge in [0.2, 0.25) is 0 Å². The Labute approximate surface area is 118 Å². The second-order valence-electron chi connectivity index (χ2n) is 5.60. The van der Waals surface area contributed by atoms with Crippen molar-refractivity contribution in [1.29, 1.82) is 0 Å². The first-order valence-electron chi connectivity index (χ1n) is 7.11. The van der Waals surface area contributed by atoms with Crippen molar-refractivity contribution >= 4 is 11.6 Å². The molecule has 0 radical (unpaired) electrons. The number of rotatable bonds is 1. The van der Waals surface area contributed by atoms with Crippen LogP contribution in [-0.2, 0) is 4.79 Å². The molecule has 0 aromatic heterocycles. The number of fused-ring (bicyclic) bond motifs is 1. The molecule has 1 amide bonds. The number of nitrogens with zero attached hydrogens (tertiary/aromatic N) is 1. The summed E-state index contributed by atoms with van der Waals surface area (Å²) in [5.74, 6) is 0.851. The van der Waals surface area contributed by atoms with Gasteiger partial charge in [-0.1, -0.05) is 19.1 Å². The minimum Gasteiger partial charge on any atom is -0.477 e. The van der Waals surface area contributed by atoms with Crippen LogP contribution in [0.25, 0.3) is 0 Å². The molecule has 3 unspecified atom stereocenters. The number of benzene rings is 1. The molecule has 20 heavy (non-hydrogen) atoms. The third-order valence-corrected chi connectivity index (χ3v) is 4.08. The van der Waals surface area contributed by atoms with Crippen LogP contribution in [0.3, 0.4) is 0 Å². The number of piperidine rings is 1. The van der Waals surface area contributed by atoms with Gasteiger partial charge in [0.15, 0.2) is 6.10 Å². The number of likely N-dealkylation sites (tertiary alicyclic amines) is 1. The highest BCUT2D eigenvalue weighted by atomic mass is 16.5. The molecule has 1 aromatic carbocycles. The number of carbonyl (C=O) groups excluding carboxylic acids is 1. The number of carbonyl (C=O) groups is 1. The van der Waals surface area contributed by atoms with E-state index in [9.17, 15) is 9.90 Å². The third-order valence-electron chi connectivity index (χ3n) is 4.08. The van der Waals surface area contributed by atoms with E-state index in [2.05, 4.69) is 5.32 Å². The van der Waals surface area contributed by atoms with Crippen molar-refractivity contribution in [2.24, 2.45) is 5.92 Å². The van der Waals surface area contributed by atoms with E-state index in [1.165, 1.54) is 0 Å². The molecule has 0 aliphatic carbocycles. The van der Waals surface area contributed by atoms with Gasteiger partial charge in [0.25, 0.3) is 5.91 Å². The normalized spacial score (nSPS) is 29.1. The Hall–Kier alpha value is -1.75. The second kappa shape index (κ2) is 5.32. The van der Waals surface area contributed by atoms with Crippen LogP contribution in [0.2, 0.25) is 0 Å². The maximum atomic E-state index is 12.5. The maximum absolute atomic E-state index is 12.5. The number of anilines is 1. The molecular formula is C15H20N2O3. The average molecular weight is 276 g/mol. The number of aliphatic hydroxyl groups excluding tert-OH is 1. The van der Waals surface area contributed by atoms with Crippen LogP contribution in [0, 0.1) is 5.92 Å². The Morgan fingerprint density at radius 2 is 2.25 bits per heavy atom. The summed E-state index contributed by atoms with van der Waals surface area (Å²) in [6, 6.07) is 7.64. The van der Waals surface area contributed by atoms with E-state index >= 15 is 0 Å². The Balaban J connectivity index is 1.67. The fourth-order valence-corrected chi connectivity index (χ4v) is 2.79. The van der Waals surface area contributed by atoms with Gasteiger partial charge in [-0.3, -0.25) is 4.79 Å². The average Bonchev–Trinajstić information content (AvgIpc) is 2.49. The summed E-state index contributed by atoms with van der Waals surface area (Å²) < 4.78 is 5.79. The van der Waals surface area contributed by atoms with E-state index in [-0.39, 0.29) is 17.9 Å². The Morgan fingerprint density at radius 3 is 3.05 bits per heavy atom. The van der Waals surface area contributed by atoms with E-state index < -0.39 is 6.10 Å². The lowest BCUT2D eigenvalue weighted by atomic mass is 9.96. The summed E-state index contributed by atoms with van der Waals surface area (Å²) in [5, 5.41) is 13.0. The quantitative estimate of drug-likeness (QED) is 0.806. The van der Waals surface area contributed by atoms with Gasteiger partial charge in [0, 0.05) is 13.1 Å². The summed E-state index contributed by atoms with van der Waals surface area (Å²) in [5.41, 5.74) is 0.930. The standard InChI is InChI=1S/C15H20N2O3/c1-10-9-17(7-6-12(10)18)15(19)14-8-16-11-4-2-3-5-13(11)20-14/h2-5,10,12,14,16,18H,6-9H2,1H3. The number of amides is 1. The topological polar surface area (TPSA) is 61.8 Å². The summed E-state index contributed by atoms with van der Waals surface area (Å²) in [4.78, 5) is 14.3. The first kappa shape index (κ1) is 13.2. The highest BCUT2D eigenvalue weighted by Crippen LogP contribution is 2.29. The SMILES string of the molecule is CC1CN(C(=O)C2CNc3ccccc3O2)CCC1O. The lowest BCUT2D eigenvalue weighted by Crippen LogP contribution is -2.52. The molecule has 5 heteroatoms. The fraction of sp³-hybridized carbons (Fsp3) is 0.533. The molecule has 5 nitrogen and oxygen atoms in total. The first-order valence-corrected chi connectivity index (χ1v) is 7.11. The lowest BCUT2D eigenvalue weighted by molar-refractivity contribution is -0.141. The zero-order valence-electron chi connectivity index (χ0n) is 11.6. The van der Waals surface area contributed by atoms with Crippen LogP contribution in [0.15, 0.2) is 24.3 Å². The Kier molecular flexibility index (Phi) is 3.53. The van der Waals surface area contributed by atoms with Crippen molar-refractivity contribution in [1.82, 2.24) is 4.90 Å². The number of para-hydroxylation sites is 2. The largest absolute Gasteiger partial charge is 0.477 e. The van der Waals surface area contributed by atoms with E-state index in [1.54, 1.807) is 4.90 Å². The van der Waals surface area contributed by atoms with Gasteiger partial charge in [-0.25, -0.2) is 0 Å². The number of nitrogens with one attached hydrogen (secondary N) is 1. The number of ether oxygens (including phenoxy) is 1. The van der Waals surface area contributed by atoms with Gasteiger partial charge < -0.3 is 20.1 Å². The Bertz CT molecular complexity index is 506. The molecule has 3 rings (SSSR count). The van der Waals surface area contributed by atoms with Gasteiger partial charge >= 0.3 is 0 Å². The molecular weight excluding hydrogens is 256 g/mol. The molecule has 1 aromatic rings. The van der Waals surface area contributed by atoms with Gasteiger partial charge in [-0.05, 0) is 24.5 Å². The van der Waals surface area contributed by atoms with Crippen molar-refractivity contribution in [3.05, 3.63) is 24.3 Å². The lowest BCUT2D eigenvalue weighted by Gasteiger charge is -2.37. The number of hydrogen-bond donors (Lipinski definition) is 2. The zero-order valence-corrected chi connectivity index (χ0v) is 11.6. The van der Waals surface area contributed by atoms with Crippen molar-refractivity contribution in [2.45, 2.75) is 25.6 Å². The molecule has 1 saturated heterocycles. The first-order chi connectivity index (χ1) is 9.65. The molecule has 108 valence electrons. The molecule has 3 atom stereocenters. The molecule has 2 aliphatic heterocycles. The van der Waals surface area contributed by atoms with Crippen molar-refractivity contribution in [3.63, 3.8) is 0 Å². The van der Waals surface area contributed by atoms with Gasteiger partial charge in [-0.15, -0.1) is 0 Å². The predicted octanol–water partition coefficient (Wildman–Crippen LogP) is 1.09. The molecule has 2 heterocycles. The van der Waals surface area contributed by atoms with Crippen LogP contribution >= 0.6 is 0 Å². The van der Waals surface area contributed by atoms with E-state index in [4.69, 9.17) is 4.74 Å². The van der Waals surface area contributed by atoms with Gasteiger partial charge in [0.05, 0.1) is 18.3 Å². The monoisotopic (exact) mass is 276 g/mol. The summed E-state index contributed by atoms with van der Waals surface area (Å²) >= 11 is 0. The predicted molar refractivity (Wildman–Crippen MR) is 75.7 cm³/mol. The molecule has 0 spiro atoms. The van der Waals surface area contributed by atoms with Crippen LogP contribution in [0.5, 0.6) is 5.75 Å². The highest BCUT2D eigenvalue weighted by molar-refractivity contribution is 5.83. The van der Waals surface area contributed by atoms with Crippen molar-refractivity contribution in [2.75, 3.05) is 25.0 Å². The smallest absolute Gasteiger partial charge is 0.265 e. The molecule has 0 bridgehead atoms. The number of aliphatic hydroxyl groups is 1. The van der Waals surface area contributed by atoms with Gasteiger partial charge in [0.1, 0.15) is 5.75 Å². The summed E-state index contributed by atoms with van der Waals surface area (Å²) in [7, 11) is 0. The van der Waals surface area contributed by atoms with Gasteiger partial charge in [-0.2, -0.15) is 0 Å². The Morgan fingerprint density at radius 1 is 1.45 bits per heavy atom. The summed E-state index contributed by atoms with van der Waals surface area (Å²) in [6.45, 7) is 3.66. The second-order valence-corrected chi connectivity index (χ2v) is 5.60. The van der Waals surface area contributed by atoms with Crippen LogP contribution in [0.4, 0.5) is 5.69 Å². The highest BCUT2D eigenvalue weighted by Gasteiger charge is 2.33. The zero-order chi connectivity index (χ0) is 14.1. The minimum atomic E-state index is -0.479. The summed E-state index contributed by atoms with van der Waals surface area (Å²) in [6.07, 6.45) is -0.138. The van der Waals surface area contributed by atoms with E-state index in [0.29, 0.717) is 26.1 Å². The third kappa shape index (κ3) is 2.45. The van der Waals surface area contributed by atoms with Crippen molar-refractivity contribution < 1.29 is 14.6 Å². The minimum absolute atomic E-state index is 0.00533. The molecule has 1 fully saturated rings. The van der Waals surface area contributed by atoms with Crippen LogP contribution in [0.1, 0.15) is 13.3 Å². The molecule has 2 aliphatic rings. The van der Waals surface area contributed by atoms with Crippen LogP contribution in [-0.4, -0.2) is 47.8 Å².